The van der Waals surface area contributed by atoms with Crippen molar-refractivity contribution in [3.05, 3.63) is 20.2 Å². The third kappa shape index (κ3) is 3.53. The maximum Gasteiger partial charge on any atom is 0.308 e. The van der Waals surface area contributed by atoms with E-state index >= 15 is 0 Å². The number of likely N-dealkylation sites (N-methyl/N-ethyl adjacent to an activating group) is 1. The molecule has 2 rings (SSSR count). The fourth-order valence-corrected chi connectivity index (χ4v) is 3.87. The lowest BCUT2D eigenvalue weighted by Crippen LogP contribution is -2.34. The fourth-order valence-electron chi connectivity index (χ4n) is 2.73. The van der Waals surface area contributed by atoms with Gasteiger partial charge in [0.25, 0.3) is 0 Å². The van der Waals surface area contributed by atoms with Gasteiger partial charge in [0.05, 0.1) is 12.5 Å². The van der Waals surface area contributed by atoms with Crippen molar-refractivity contribution in [2.75, 3.05) is 13.6 Å². The van der Waals surface area contributed by atoms with Gasteiger partial charge in [-0.15, -0.1) is 0 Å². The lowest BCUT2D eigenvalue weighted by Gasteiger charge is -2.22. The second-order valence-electron chi connectivity index (χ2n) is 5.56. The Kier molecular flexibility index (Phi) is 5.18. The molecule has 1 aromatic heterocycles. The van der Waals surface area contributed by atoms with Crippen LogP contribution in [-0.4, -0.2) is 29.0 Å². The first-order chi connectivity index (χ1) is 10.1. The molecule has 6 heteroatoms. The van der Waals surface area contributed by atoms with Gasteiger partial charge in [-0.25, -0.2) is 0 Å². The summed E-state index contributed by atoms with van der Waals surface area (Å²) in [5.74, 6) is 0.559. The van der Waals surface area contributed by atoms with E-state index in [9.17, 15) is 9.59 Å². The number of hydrogen-bond donors (Lipinski definition) is 0. The van der Waals surface area contributed by atoms with Crippen molar-refractivity contribution in [3.8, 4) is 6.07 Å². The predicted molar refractivity (Wildman–Crippen MR) is 82.3 cm³/mol. The van der Waals surface area contributed by atoms with E-state index in [1.165, 1.54) is 16.2 Å². The number of aromatic nitrogens is 1. The molecule has 0 bridgehead atoms. The topological polar surface area (TPSA) is 66.1 Å². The number of rotatable bonds is 5. The molecule has 1 aromatic rings. The van der Waals surface area contributed by atoms with Gasteiger partial charge >= 0.3 is 4.87 Å². The number of carbonyl (C=O) groups excluding carboxylic acids is 1. The molecule has 1 amide bonds. The Morgan fingerprint density at radius 2 is 2.33 bits per heavy atom. The molecule has 0 fully saturated rings. The third-order valence-electron chi connectivity index (χ3n) is 4.20. The number of fused-ring (bicyclic) bond motifs is 1. The second kappa shape index (κ2) is 6.90. The monoisotopic (exact) mass is 307 g/mol. The molecular weight excluding hydrogens is 286 g/mol. The van der Waals surface area contributed by atoms with Gasteiger partial charge in [0.1, 0.15) is 6.54 Å². The van der Waals surface area contributed by atoms with Crippen LogP contribution in [0.3, 0.4) is 0 Å². The van der Waals surface area contributed by atoms with Crippen LogP contribution in [0, 0.1) is 17.2 Å². The molecule has 0 saturated heterocycles. The molecule has 0 N–H and O–H groups in total. The van der Waals surface area contributed by atoms with E-state index in [1.807, 2.05) is 6.07 Å². The van der Waals surface area contributed by atoms with Crippen LogP contribution in [-0.2, 0) is 24.2 Å². The van der Waals surface area contributed by atoms with Gasteiger partial charge in [-0.1, -0.05) is 24.7 Å². The fraction of sp³-hybridized carbons (Fsp3) is 0.667. The van der Waals surface area contributed by atoms with E-state index < -0.39 is 0 Å². The zero-order chi connectivity index (χ0) is 15.4. The van der Waals surface area contributed by atoms with Gasteiger partial charge in [0.2, 0.25) is 5.91 Å². The van der Waals surface area contributed by atoms with Crippen molar-refractivity contribution in [2.24, 2.45) is 5.92 Å². The van der Waals surface area contributed by atoms with Crippen molar-refractivity contribution in [3.63, 3.8) is 0 Å². The van der Waals surface area contributed by atoms with E-state index in [1.54, 1.807) is 11.6 Å². The average molecular weight is 307 g/mol. The number of hydrogen-bond acceptors (Lipinski definition) is 4. The van der Waals surface area contributed by atoms with Crippen molar-refractivity contribution in [1.29, 1.82) is 5.26 Å². The van der Waals surface area contributed by atoms with Gasteiger partial charge < -0.3 is 4.90 Å². The second-order valence-corrected chi connectivity index (χ2v) is 6.61. The molecule has 1 heterocycles. The van der Waals surface area contributed by atoms with Gasteiger partial charge in [0, 0.05) is 24.2 Å². The minimum absolute atomic E-state index is 0.0289. The first kappa shape index (κ1) is 15.8. The molecule has 114 valence electrons. The van der Waals surface area contributed by atoms with Crippen LogP contribution in [0.15, 0.2) is 4.79 Å². The SMILES string of the molecule is CC[C@@H]1CCc2c(sc(=O)n2CC(=O)N(C)CCC#N)C1. The Hall–Kier alpha value is -1.61. The van der Waals surface area contributed by atoms with Crippen molar-refractivity contribution in [2.45, 2.75) is 45.6 Å². The first-order valence-electron chi connectivity index (χ1n) is 7.39. The van der Waals surface area contributed by atoms with Crippen LogP contribution in [0.5, 0.6) is 0 Å². The van der Waals surface area contributed by atoms with E-state index in [0.717, 1.165) is 36.3 Å². The quantitative estimate of drug-likeness (QED) is 0.833. The highest BCUT2D eigenvalue weighted by Gasteiger charge is 2.24. The van der Waals surface area contributed by atoms with Gasteiger partial charge in [0.15, 0.2) is 0 Å². The number of nitrogens with zero attached hydrogens (tertiary/aromatic N) is 3. The van der Waals surface area contributed by atoms with Gasteiger partial charge in [-0.2, -0.15) is 5.26 Å². The summed E-state index contributed by atoms with van der Waals surface area (Å²) in [6.45, 7) is 2.70. The lowest BCUT2D eigenvalue weighted by molar-refractivity contribution is -0.130. The molecule has 0 aromatic carbocycles. The summed E-state index contributed by atoms with van der Waals surface area (Å²) in [7, 11) is 1.68. The zero-order valence-corrected chi connectivity index (χ0v) is 13.4. The van der Waals surface area contributed by atoms with Crippen LogP contribution in [0.4, 0.5) is 0 Å². The lowest BCUT2D eigenvalue weighted by atomic mass is 9.89. The minimum Gasteiger partial charge on any atom is -0.343 e. The molecule has 0 aliphatic heterocycles. The summed E-state index contributed by atoms with van der Waals surface area (Å²) in [6, 6.07) is 2.02. The smallest absolute Gasteiger partial charge is 0.308 e. The molecular formula is C15H21N3O2S. The highest BCUT2D eigenvalue weighted by molar-refractivity contribution is 7.09. The van der Waals surface area contributed by atoms with E-state index in [2.05, 4.69) is 6.92 Å². The third-order valence-corrected chi connectivity index (χ3v) is 5.24. The average Bonchev–Trinajstić information content (AvgIpc) is 2.79. The highest BCUT2D eigenvalue weighted by Crippen LogP contribution is 2.29. The summed E-state index contributed by atoms with van der Waals surface area (Å²) in [5.41, 5.74) is 1.05. The van der Waals surface area contributed by atoms with Crippen LogP contribution in [0.25, 0.3) is 0 Å². The molecule has 0 unspecified atom stereocenters. The molecule has 0 radical (unpaired) electrons. The molecule has 1 aliphatic rings. The summed E-state index contributed by atoms with van der Waals surface area (Å²) < 4.78 is 1.64. The molecule has 21 heavy (non-hydrogen) atoms. The Labute approximate surface area is 128 Å². The summed E-state index contributed by atoms with van der Waals surface area (Å²) in [5, 5.41) is 8.56. The van der Waals surface area contributed by atoms with Gasteiger partial charge in [-0.05, 0) is 25.2 Å². The number of carbonyl (C=O) groups is 1. The zero-order valence-electron chi connectivity index (χ0n) is 12.6. The summed E-state index contributed by atoms with van der Waals surface area (Å²) in [6.07, 6.45) is 4.41. The predicted octanol–water partition coefficient (Wildman–Crippen LogP) is 1.80. The summed E-state index contributed by atoms with van der Waals surface area (Å²) in [4.78, 5) is 26.9. The molecule has 1 atom stereocenters. The van der Waals surface area contributed by atoms with Crippen molar-refractivity contribution >= 4 is 17.2 Å². The van der Waals surface area contributed by atoms with Crippen LogP contribution < -0.4 is 4.87 Å². The molecule has 1 aliphatic carbocycles. The molecule has 0 saturated carbocycles. The van der Waals surface area contributed by atoms with Crippen molar-refractivity contribution in [1.82, 2.24) is 9.47 Å². The van der Waals surface area contributed by atoms with Crippen LogP contribution in [0.2, 0.25) is 0 Å². The van der Waals surface area contributed by atoms with E-state index in [-0.39, 0.29) is 17.3 Å². The standard InChI is InChI=1S/C15H21N3O2S/c1-3-11-5-6-12-13(9-11)21-15(20)18(12)10-14(19)17(2)8-4-7-16/h11H,3-6,8-10H2,1-2H3/t11-/m1/s1. The number of thiazole rings is 1. The Morgan fingerprint density at radius 1 is 1.57 bits per heavy atom. The number of nitriles is 1. The normalized spacial score (nSPS) is 17.1. The van der Waals surface area contributed by atoms with Gasteiger partial charge in [-0.3, -0.25) is 14.2 Å². The van der Waals surface area contributed by atoms with Crippen LogP contribution >= 0.6 is 11.3 Å². The Balaban J connectivity index is 2.12. The molecule has 5 nitrogen and oxygen atoms in total. The number of amides is 1. The maximum absolute atomic E-state index is 12.1. The van der Waals surface area contributed by atoms with E-state index in [4.69, 9.17) is 5.26 Å². The minimum atomic E-state index is -0.106. The maximum atomic E-state index is 12.1. The Morgan fingerprint density at radius 3 is 3.00 bits per heavy atom. The Bertz CT molecular complexity index is 611. The van der Waals surface area contributed by atoms with Crippen molar-refractivity contribution < 1.29 is 4.79 Å². The first-order valence-corrected chi connectivity index (χ1v) is 8.20. The largest absolute Gasteiger partial charge is 0.343 e. The van der Waals surface area contributed by atoms with E-state index in [0.29, 0.717) is 18.9 Å². The molecule has 0 spiro atoms. The summed E-state index contributed by atoms with van der Waals surface area (Å²) >= 11 is 1.29. The highest BCUT2D eigenvalue weighted by atomic mass is 32.1. The van der Waals surface area contributed by atoms with Crippen LogP contribution in [0.1, 0.15) is 36.8 Å².